The Kier molecular flexibility index (Phi) is 5.00. The molecule has 0 radical (unpaired) electrons. The molecule has 1 fully saturated rings. The van der Waals surface area contributed by atoms with E-state index in [4.69, 9.17) is 4.74 Å². The second kappa shape index (κ2) is 6.74. The Hall–Kier alpha value is -1.31. The maximum absolute atomic E-state index is 12.1. The Bertz CT molecular complexity index is 400. The van der Waals surface area contributed by atoms with Crippen LogP contribution >= 0.6 is 0 Å². The predicted octanol–water partition coefficient (Wildman–Crippen LogP) is 4.51. The summed E-state index contributed by atoms with van der Waals surface area (Å²) in [5, 5.41) is 0. The van der Waals surface area contributed by atoms with Crippen LogP contribution in [0, 0.1) is 18.8 Å². The molecule has 0 unspecified atom stereocenters. The summed E-state index contributed by atoms with van der Waals surface area (Å²) in [6.45, 7) is 4.26. The van der Waals surface area contributed by atoms with E-state index in [1.807, 2.05) is 31.2 Å². The maximum Gasteiger partial charge on any atom is 0.314 e. The van der Waals surface area contributed by atoms with Crippen molar-refractivity contribution in [3.05, 3.63) is 29.8 Å². The number of benzene rings is 1. The van der Waals surface area contributed by atoms with Crippen molar-refractivity contribution >= 4 is 5.97 Å². The third-order valence-corrected chi connectivity index (χ3v) is 4.12. The fourth-order valence-corrected chi connectivity index (χ4v) is 2.90. The molecular formula is C17H24O2. The minimum absolute atomic E-state index is 0.0428. The summed E-state index contributed by atoms with van der Waals surface area (Å²) in [4.78, 5) is 12.1. The van der Waals surface area contributed by atoms with Crippen LogP contribution in [0.5, 0.6) is 5.75 Å². The first-order valence-corrected chi connectivity index (χ1v) is 7.47. The molecule has 0 aromatic heterocycles. The van der Waals surface area contributed by atoms with E-state index in [0.717, 1.165) is 18.8 Å². The number of esters is 1. The van der Waals surface area contributed by atoms with E-state index in [0.29, 0.717) is 5.75 Å². The number of aryl methyl sites for hydroxylation is 1. The molecule has 0 bridgehead atoms. The van der Waals surface area contributed by atoms with Crippen LogP contribution in [0.15, 0.2) is 24.3 Å². The van der Waals surface area contributed by atoms with Gasteiger partial charge in [-0.15, -0.1) is 0 Å². The van der Waals surface area contributed by atoms with Gasteiger partial charge in [0.1, 0.15) is 5.75 Å². The summed E-state index contributed by atoms with van der Waals surface area (Å²) < 4.78 is 5.47. The highest BCUT2D eigenvalue weighted by atomic mass is 16.5. The van der Waals surface area contributed by atoms with Gasteiger partial charge in [-0.25, -0.2) is 0 Å². The van der Waals surface area contributed by atoms with Crippen LogP contribution in [0.3, 0.4) is 0 Å². The van der Waals surface area contributed by atoms with Gasteiger partial charge in [0.25, 0.3) is 0 Å². The van der Waals surface area contributed by atoms with Crippen molar-refractivity contribution in [2.45, 2.75) is 52.4 Å². The van der Waals surface area contributed by atoms with E-state index in [9.17, 15) is 4.79 Å². The number of hydrogen-bond donors (Lipinski definition) is 0. The standard InChI is InChI=1S/C17H24O2/c1-3-4-14-7-9-15(10-8-14)17(18)19-16-11-5-13(2)6-12-16/h5-6,11-12,14-15H,3-4,7-10H2,1-2H3. The zero-order valence-corrected chi connectivity index (χ0v) is 12.0. The first-order valence-electron chi connectivity index (χ1n) is 7.47. The fourth-order valence-electron chi connectivity index (χ4n) is 2.90. The van der Waals surface area contributed by atoms with Crippen molar-refractivity contribution in [1.29, 1.82) is 0 Å². The molecule has 0 spiro atoms. The predicted molar refractivity (Wildman–Crippen MR) is 77.2 cm³/mol. The molecule has 19 heavy (non-hydrogen) atoms. The summed E-state index contributed by atoms with van der Waals surface area (Å²) in [5.74, 6) is 1.56. The normalized spacial score (nSPS) is 23.1. The lowest BCUT2D eigenvalue weighted by molar-refractivity contribution is -0.140. The van der Waals surface area contributed by atoms with Gasteiger partial charge in [-0.3, -0.25) is 4.79 Å². The third kappa shape index (κ3) is 4.09. The SMILES string of the molecule is CCCC1CCC(C(=O)Oc2ccc(C)cc2)CC1. The van der Waals surface area contributed by atoms with Gasteiger partial charge in [0.15, 0.2) is 0 Å². The molecule has 1 aliphatic carbocycles. The summed E-state index contributed by atoms with van der Waals surface area (Å²) in [6.07, 6.45) is 6.91. The maximum atomic E-state index is 12.1. The lowest BCUT2D eigenvalue weighted by Crippen LogP contribution is -2.25. The summed E-state index contributed by atoms with van der Waals surface area (Å²) in [5.41, 5.74) is 1.18. The van der Waals surface area contributed by atoms with E-state index in [1.54, 1.807) is 0 Å². The average molecular weight is 260 g/mol. The molecule has 2 rings (SSSR count). The minimum atomic E-state index is -0.0428. The largest absolute Gasteiger partial charge is 0.426 e. The molecule has 2 heteroatoms. The van der Waals surface area contributed by atoms with Crippen LogP contribution in [-0.2, 0) is 4.79 Å². The van der Waals surface area contributed by atoms with Crippen LogP contribution in [0.1, 0.15) is 51.0 Å². The number of ether oxygens (including phenoxy) is 1. The van der Waals surface area contributed by atoms with Crippen LogP contribution in [-0.4, -0.2) is 5.97 Å². The van der Waals surface area contributed by atoms with E-state index in [-0.39, 0.29) is 11.9 Å². The molecule has 0 N–H and O–H groups in total. The van der Waals surface area contributed by atoms with Gasteiger partial charge < -0.3 is 4.74 Å². The Morgan fingerprint density at radius 3 is 2.37 bits per heavy atom. The topological polar surface area (TPSA) is 26.3 Å². The Balaban J connectivity index is 1.83. The zero-order valence-electron chi connectivity index (χ0n) is 12.0. The van der Waals surface area contributed by atoms with Crippen molar-refractivity contribution in [3.8, 4) is 5.75 Å². The number of rotatable bonds is 4. The molecule has 1 aromatic rings. The zero-order chi connectivity index (χ0) is 13.7. The minimum Gasteiger partial charge on any atom is -0.426 e. The van der Waals surface area contributed by atoms with Crippen molar-refractivity contribution in [1.82, 2.24) is 0 Å². The molecule has 1 saturated carbocycles. The number of carbonyl (C=O) groups is 1. The van der Waals surface area contributed by atoms with Gasteiger partial charge >= 0.3 is 5.97 Å². The molecule has 0 aliphatic heterocycles. The molecule has 0 saturated heterocycles. The summed E-state index contributed by atoms with van der Waals surface area (Å²) in [7, 11) is 0. The van der Waals surface area contributed by atoms with Gasteiger partial charge in [0.05, 0.1) is 5.92 Å². The van der Waals surface area contributed by atoms with E-state index < -0.39 is 0 Å². The summed E-state index contributed by atoms with van der Waals surface area (Å²) in [6, 6.07) is 7.69. The van der Waals surface area contributed by atoms with Crippen molar-refractivity contribution in [3.63, 3.8) is 0 Å². The van der Waals surface area contributed by atoms with E-state index in [2.05, 4.69) is 6.92 Å². The van der Waals surface area contributed by atoms with Crippen LogP contribution in [0.25, 0.3) is 0 Å². The van der Waals surface area contributed by atoms with E-state index >= 15 is 0 Å². The van der Waals surface area contributed by atoms with Crippen molar-refractivity contribution in [2.75, 3.05) is 0 Å². The van der Waals surface area contributed by atoms with Gasteiger partial charge in [0, 0.05) is 0 Å². The average Bonchev–Trinajstić information content (AvgIpc) is 2.42. The third-order valence-electron chi connectivity index (χ3n) is 4.12. The highest BCUT2D eigenvalue weighted by molar-refractivity contribution is 5.75. The lowest BCUT2D eigenvalue weighted by Gasteiger charge is -2.26. The molecule has 2 nitrogen and oxygen atoms in total. The fraction of sp³-hybridized carbons (Fsp3) is 0.588. The first kappa shape index (κ1) is 14.1. The Morgan fingerprint density at radius 1 is 1.16 bits per heavy atom. The van der Waals surface area contributed by atoms with Crippen LogP contribution < -0.4 is 4.74 Å². The Labute approximate surface area is 116 Å². The van der Waals surface area contributed by atoms with Gasteiger partial charge in [-0.1, -0.05) is 37.5 Å². The van der Waals surface area contributed by atoms with Crippen molar-refractivity contribution < 1.29 is 9.53 Å². The van der Waals surface area contributed by atoms with Gasteiger partial charge in [-0.05, 0) is 50.7 Å². The highest BCUT2D eigenvalue weighted by Crippen LogP contribution is 2.32. The van der Waals surface area contributed by atoms with E-state index in [1.165, 1.54) is 31.2 Å². The second-order valence-corrected chi connectivity index (χ2v) is 5.74. The quantitative estimate of drug-likeness (QED) is 0.588. The van der Waals surface area contributed by atoms with Crippen LogP contribution in [0.4, 0.5) is 0 Å². The van der Waals surface area contributed by atoms with Crippen molar-refractivity contribution in [2.24, 2.45) is 11.8 Å². The monoisotopic (exact) mass is 260 g/mol. The number of hydrogen-bond acceptors (Lipinski definition) is 2. The molecule has 104 valence electrons. The highest BCUT2D eigenvalue weighted by Gasteiger charge is 2.27. The molecule has 1 aliphatic rings. The van der Waals surface area contributed by atoms with Gasteiger partial charge in [-0.2, -0.15) is 0 Å². The van der Waals surface area contributed by atoms with Crippen LogP contribution in [0.2, 0.25) is 0 Å². The van der Waals surface area contributed by atoms with Gasteiger partial charge in [0.2, 0.25) is 0 Å². The second-order valence-electron chi connectivity index (χ2n) is 5.74. The number of carbonyl (C=O) groups excluding carboxylic acids is 1. The lowest BCUT2D eigenvalue weighted by atomic mass is 9.80. The Morgan fingerprint density at radius 2 is 1.79 bits per heavy atom. The first-order chi connectivity index (χ1) is 9.19. The molecule has 0 heterocycles. The molecule has 0 atom stereocenters. The molecular weight excluding hydrogens is 236 g/mol. The smallest absolute Gasteiger partial charge is 0.314 e. The molecule has 1 aromatic carbocycles. The molecule has 0 amide bonds. The summed E-state index contributed by atoms with van der Waals surface area (Å²) >= 11 is 0.